The van der Waals surface area contributed by atoms with Crippen LogP contribution in [0, 0.1) is 0 Å². The minimum absolute atomic E-state index is 0.0920. The molecule has 10 heteroatoms. The SMILES string of the molecule is CC(C)NC(=O)OCC1(C)OC(C)(n2ccc(=O)[nH]c2=O)C2(C)OC(C)(C)OC12C. The summed E-state index contributed by atoms with van der Waals surface area (Å²) in [6.07, 6.45) is 0.771. The number of ether oxygens (including phenoxy) is 4. The monoisotopic (exact) mass is 425 g/mol. The molecule has 2 N–H and O–H groups in total. The van der Waals surface area contributed by atoms with E-state index in [-0.39, 0.29) is 12.6 Å². The average Bonchev–Trinajstić information content (AvgIpc) is 2.84. The molecule has 0 aromatic carbocycles. The lowest BCUT2D eigenvalue weighted by molar-refractivity contribution is -0.277. The smallest absolute Gasteiger partial charge is 0.407 e. The van der Waals surface area contributed by atoms with Gasteiger partial charge in [-0.05, 0) is 55.4 Å². The molecule has 2 fully saturated rings. The van der Waals surface area contributed by atoms with Crippen molar-refractivity contribution in [1.29, 1.82) is 0 Å². The molecule has 3 rings (SSSR count). The summed E-state index contributed by atoms with van der Waals surface area (Å²) in [5.41, 5.74) is -6.04. The second-order valence-corrected chi connectivity index (χ2v) is 9.34. The van der Waals surface area contributed by atoms with Crippen molar-refractivity contribution in [2.24, 2.45) is 0 Å². The van der Waals surface area contributed by atoms with E-state index in [0.29, 0.717) is 0 Å². The molecule has 1 amide bonds. The van der Waals surface area contributed by atoms with Crippen molar-refractivity contribution in [3.8, 4) is 0 Å². The molecular weight excluding hydrogens is 394 g/mol. The number of nitrogens with zero attached hydrogens (tertiary/aromatic N) is 1. The van der Waals surface area contributed by atoms with Crippen LogP contribution in [0.25, 0.3) is 0 Å². The quantitative estimate of drug-likeness (QED) is 0.749. The number of fused-ring (bicyclic) bond motifs is 1. The van der Waals surface area contributed by atoms with Crippen LogP contribution >= 0.6 is 0 Å². The maximum absolute atomic E-state index is 12.7. The number of rotatable bonds is 4. The van der Waals surface area contributed by atoms with E-state index in [4.69, 9.17) is 18.9 Å². The number of hydrogen-bond donors (Lipinski definition) is 2. The van der Waals surface area contributed by atoms with E-state index >= 15 is 0 Å². The molecule has 2 aliphatic heterocycles. The van der Waals surface area contributed by atoms with Gasteiger partial charge in [0, 0.05) is 18.3 Å². The number of carbonyl (C=O) groups is 1. The molecule has 4 unspecified atom stereocenters. The van der Waals surface area contributed by atoms with Gasteiger partial charge in [0.25, 0.3) is 5.56 Å². The molecule has 2 saturated heterocycles. The highest BCUT2D eigenvalue weighted by atomic mass is 16.8. The summed E-state index contributed by atoms with van der Waals surface area (Å²) < 4.78 is 25.8. The van der Waals surface area contributed by atoms with Crippen molar-refractivity contribution in [1.82, 2.24) is 14.9 Å². The third kappa shape index (κ3) is 3.09. The fourth-order valence-electron chi connectivity index (χ4n) is 4.66. The maximum atomic E-state index is 12.7. The zero-order valence-corrected chi connectivity index (χ0v) is 18.7. The summed E-state index contributed by atoms with van der Waals surface area (Å²) in [6.45, 7) is 14.1. The van der Waals surface area contributed by atoms with Crippen molar-refractivity contribution in [3.05, 3.63) is 33.1 Å². The molecule has 2 aliphatic rings. The van der Waals surface area contributed by atoms with Crippen molar-refractivity contribution in [2.75, 3.05) is 6.61 Å². The molecule has 0 saturated carbocycles. The fraction of sp³-hybridized carbons (Fsp3) is 0.750. The Balaban J connectivity index is 2.10. The predicted molar refractivity (Wildman–Crippen MR) is 107 cm³/mol. The highest BCUT2D eigenvalue weighted by Crippen LogP contribution is 2.63. The van der Waals surface area contributed by atoms with Gasteiger partial charge in [-0.3, -0.25) is 14.3 Å². The van der Waals surface area contributed by atoms with E-state index < -0.39 is 45.7 Å². The van der Waals surface area contributed by atoms with Crippen LogP contribution in [0.15, 0.2) is 21.9 Å². The summed E-state index contributed by atoms with van der Waals surface area (Å²) in [5.74, 6) is -0.998. The molecule has 0 bridgehead atoms. The van der Waals surface area contributed by atoms with Crippen LogP contribution in [0.2, 0.25) is 0 Å². The summed E-state index contributed by atoms with van der Waals surface area (Å²) in [4.78, 5) is 38.6. The zero-order valence-electron chi connectivity index (χ0n) is 18.7. The van der Waals surface area contributed by atoms with Crippen LogP contribution in [0.3, 0.4) is 0 Å². The number of carbonyl (C=O) groups excluding carboxylic acids is 1. The molecule has 10 nitrogen and oxygen atoms in total. The Bertz CT molecular complexity index is 970. The van der Waals surface area contributed by atoms with Gasteiger partial charge in [0.1, 0.15) is 23.4 Å². The van der Waals surface area contributed by atoms with Crippen LogP contribution < -0.4 is 16.6 Å². The second kappa shape index (κ2) is 6.66. The Morgan fingerprint density at radius 3 is 2.27 bits per heavy atom. The molecule has 0 aliphatic carbocycles. The number of amides is 1. The Hall–Kier alpha value is -2.17. The van der Waals surface area contributed by atoms with Crippen molar-refractivity contribution < 1.29 is 23.7 Å². The van der Waals surface area contributed by atoms with E-state index in [0.717, 1.165) is 0 Å². The number of alkyl carbamates (subject to hydrolysis) is 1. The molecule has 4 atom stereocenters. The third-order valence-electron chi connectivity index (χ3n) is 6.30. The lowest BCUT2D eigenvalue weighted by atomic mass is 9.73. The lowest BCUT2D eigenvalue weighted by Crippen LogP contribution is -2.62. The minimum atomic E-state index is -1.39. The fourth-order valence-corrected chi connectivity index (χ4v) is 4.66. The van der Waals surface area contributed by atoms with E-state index in [9.17, 15) is 14.4 Å². The largest absolute Gasteiger partial charge is 0.446 e. The van der Waals surface area contributed by atoms with Crippen molar-refractivity contribution >= 4 is 6.09 Å². The van der Waals surface area contributed by atoms with Gasteiger partial charge in [-0.2, -0.15) is 0 Å². The minimum Gasteiger partial charge on any atom is -0.446 e. The van der Waals surface area contributed by atoms with Gasteiger partial charge in [-0.1, -0.05) is 0 Å². The van der Waals surface area contributed by atoms with Crippen LogP contribution in [0.1, 0.15) is 55.4 Å². The Kier molecular flexibility index (Phi) is 5.00. The third-order valence-corrected chi connectivity index (χ3v) is 6.30. The first-order valence-electron chi connectivity index (χ1n) is 9.95. The molecule has 1 aromatic rings. The van der Waals surface area contributed by atoms with Gasteiger partial charge in [0.15, 0.2) is 11.5 Å². The highest BCUT2D eigenvalue weighted by Gasteiger charge is 2.80. The summed E-state index contributed by atoms with van der Waals surface area (Å²) in [7, 11) is 0. The summed E-state index contributed by atoms with van der Waals surface area (Å²) in [6, 6.07) is 1.14. The topological polar surface area (TPSA) is 121 Å². The van der Waals surface area contributed by atoms with Crippen LogP contribution in [-0.4, -0.2) is 50.9 Å². The Morgan fingerprint density at radius 1 is 1.10 bits per heavy atom. The van der Waals surface area contributed by atoms with E-state index in [1.165, 1.54) is 16.8 Å². The van der Waals surface area contributed by atoms with Gasteiger partial charge >= 0.3 is 11.8 Å². The maximum Gasteiger partial charge on any atom is 0.407 e. The molecule has 30 heavy (non-hydrogen) atoms. The normalized spacial score (nSPS) is 37.2. The second-order valence-electron chi connectivity index (χ2n) is 9.34. The number of H-pyrrole nitrogens is 1. The van der Waals surface area contributed by atoms with Gasteiger partial charge < -0.3 is 24.3 Å². The first-order chi connectivity index (χ1) is 13.6. The number of nitrogens with one attached hydrogen (secondary N) is 2. The molecule has 0 spiro atoms. The van der Waals surface area contributed by atoms with Crippen LogP contribution in [-0.2, 0) is 24.7 Å². The van der Waals surface area contributed by atoms with Gasteiger partial charge in [-0.15, -0.1) is 0 Å². The van der Waals surface area contributed by atoms with E-state index in [2.05, 4.69) is 10.3 Å². The van der Waals surface area contributed by atoms with Crippen molar-refractivity contribution in [3.63, 3.8) is 0 Å². The van der Waals surface area contributed by atoms with Gasteiger partial charge in [-0.25, -0.2) is 9.59 Å². The molecule has 168 valence electrons. The van der Waals surface area contributed by atoms with E-state index in [1.807, 2.05) is 20.8 Å². The van der Waals surface area contributed by atoms with Crippen LogP contribution in [0.5, 0.6) is 0 Å². The van der Waals surface area contributed by atoms with Crippen LogP contribution in [0.4, 0.5) is 4.79 Å². The predicted octanol–water partition coefficient (Wildman–Crippen LogP) is 1.43. The average molecular weight is 425 g/mol. The molecule has 3 heterocycles. The molecule has 1 aromatic heterocycles. The van der Waals surface area contributed by atoms with Crippen molar-refractivity contribution in [2.45, 2.75) is 89.7 Å². The van der Waals surface area contributed by atoms with E-state index in [1.54, 1.807) is 34.6 Å². The zero-order chi connectivity index (χ0) is 22.8. The first kappa shape index (κ1) is 22.5. The van der Waals surface area contributed by atoms with Gasteiger partial charge in [0.05, 0.1) is 0 Å². The highest BCUT2D eigenvalue weighted by molar-refractivity contribution is 5.67. The lowest BCUT2D eigenvalue weighted by Gasteiger charge is -2.41. The summed E-state index contributed by atoms with van der Waals surface area (Å²) >= 11 is 0. The summed E-state index contributed by atoms with van der Waals surface area (Å²) in [5, 5.41) is 2.67. The molecular formula is C20H31N3O7. The van der Waals surface area contributed by atoms with Gasteiger partial charge in [0.2, 0.25) is 0 Å². The molecule has 0 radical (unpaired) electrons. The number of aromatic amines is 1. The Labute approximate surface area is 174 Å². The standard InChI is InChI=1S/C20H31N3O7/c1-12(2)21-15(26)27-11-17(5)18(6)19(7,29-16(3,4)28-18)20(8,30-17)23-10-9-13(24)22-14(23)25/h9-10,12H,11H2,1-8H3,(H,21,26)(H,22,24,25). The first-order valence-corrected chi connectivity index (χ1v) is 9.95. The Morgan fingerprint density at radius 2 is 1.70 bits per heavy atom. The number of hydrogen-bond acceptors (Lipinski definition) is 7. The number of aromatic nitrogens is 2.